The number of benzene rings is 2. The summed E-state index contributed by atoms with van der Waals surface area (Å²) < 4.78 is 28.1. The van der Waals surface area contributed by atoms with Crippen LogP contribution in [-0.4, -0.2) is 24.0 Å². The van der Waals surface area contributed by atoms with E-state index in [9.17, 15) is 13.6 Å². The second-order valence-electron chi connectivity index (χ2n) is 6.31. The molecule has 0 aliphatic carbocycles. The normalized spacial score (nSPS) is 11.3. The van der Waals surface area contributed by atoms with Crippen LogP contribution in [-0.2, 0) is 4.79 Å². The maximum Gasteiger partial charge on any atom is 0.242 e. The lowest BCUT2D eigenvalue weighted by molar-refractivity contribution is -0.117. The lowest BCUT2D eigenvalue weighted by Crippen LogP contribution is -2.35. The summed E-state index contributed by atoms with van der Waals surface area (Å²) in [5.41, 5.74) is 1.37. The van der Waals surface area contributed by atoms with Crippen molar-refractivity contribution in [3.63, 3.8) is 0 Å². The lowest BCUT2D eigenvalue weighted by Gasteiger charge is -2.12. The van der Waals surface area contributed by atoms with Crippen molar-refractivity contribution < 1.29 is 13.6 Å². The number of nitrogens with zero attached hydrogens (tertiary/aromatic N) is 1. The predicted octanol–water partition coefficient (Wildman–Crippen LogP) is 3.97. The molecular weight excluding hydrogens is 372 g/mol. The van der Waals surface area contributed by atoms with Crippen molar-refractivity contribution in [3.8, 4) is 23.0 Å². The monoisotopic (exact) mass is 391 g/mol. The fraction of sp³-hybridized carbons (Fsp3) is 0.130. The van der Waals surface area contributed by atoms with Crippen LogP contribution < -0.4 is 10.6 Å². The Morgan fingerprint density at radius 3 is 2.45 bits per heavy atom. The Labute approximate surface area is 168 Å². The summed E-state index contributed by atoms with van der Waals surface area (Å²) in [5.74, 6) is 3.95. The highest BCUT2D eigenvalue weighted by Gasteiger charge is 2.16. The summed E-state index contributed by atoms with van der Waals surface area (Å²) in [5, 5.41) is 5.53. The number of carbonyl (C=O) groups excluding carboxylic acids is 1. The van der Waals surface area contributed by atoms with Gasteiger partial charge in [-0.15, -0.1) is 0 Å². The van der Waals surface area contributed by atoms with Gasteiger partial charge in [-0.1, -0.05) is 36.3 Å². The third-order valence-electron chi connectivity index (χ3n) is 4.31. The summed E-state index contributed by atoms with van der Waals surface area (Å²) in [4.78, 5) is 16.5. The van der Waals surface area contributed by atoms with E-state index in [4.69, 9.17) is 0 Å². The first-order valence-corrected chi connectivity index (χ1v) is 9.00. The average Bonchev–Trinajstić information content (AvgIpc) is 2.74. The molecule has 146 valence electrons. The van der Waals surface area contributed by atoms with Crippen molar-refractivity contribution >= 4 is 11.7 Å². The molecule has 0 aliphatic heterocycles. The molecule has 0 spiro atoms. The number of hydrogen-bond acceptors (Lipinski definition) is 3. The number of carbonyl (C=O) groups is 1. The quantitative estimate of drug-likeness (QED) is 0.662. The fourth-order valence-electron chi connectivity index (χ4n) is 2.57. The Morgan fingerprint density at radius 1 is 0.966 bits per heavy atom. The topological polar surface area (TPSA) is 54.0 Å². The minimum atomic E-state index is -0.974. The van der Waals surface area contributed by atoms with Crippen LogP contribution >= 0.6 is 0 Å². The van der Waals surface area contributed by atoms with Crippen molar-refractivity contribution in [3.05, 3.63) is 83.6 Å². The molecule has 29 heavy (non-hydrogen) atoms. The third kappa shape index (κ3) is 4.84. The Bertz CT molecular complexity index is 1090. The van der Waals surface area contributed by atoms with Gasteiger partial charge in [-0.2, -0.15) is 0 Å². The van der Waals surface area contributed by atoms with E-state index in [0.717, 1.165) is 11.6 Å². The van der Waals surface area contributed by atoms with E-state index in [2.05, 4.69) is 27.5 Å². The van der Waals surface area contributed by atoms with Crippen LogP contribution in [0.2, 0.25) is 0 Å². The molecule has 1 unspecified atom stereocenters. The third-order valence-corrected chi connectivity index (χ3v) is 4.31. The molecule has 1 amide bonds. The first kappa shape index (κ1) is 20.2. The highest BCUT2D eigenvalue weighted by Crippen LogP contribution is 2.27. The number of anilines is 1. The maximum atomic E-state index is 14.4. The zero-order valence-corrected chi connectivity index (χ0v) is 16.0. The van der Waals surface area contributed by atoms with E-state index in [-0.39, 0.29) is 23.0 Å². The zero-order valence-electron chi connectivity index (χ0n) is 16.0. The molecule has 0 radical (unpaired) electrons. The van der Waals surface area contributed by atoms with Crippen LogP contribution in [0.4, 0.5) is 14.6 Å². The molecule has 0 fully saturated rings. The molecule has 0 saturated heterocycles. The van der Waals surface area contributed by atoms with E-state index < -0.39 is 17.7 Å². The summed E-state index contributed by atoms with van der Waals surface area (Å²) in [7, 11) is 1.67. The van der Waals surface area contributed by atoms with Gasteiger partial charge in [0.15, 0.2) is 11.6 Å². The van der Waals surface area contributed by atoms with E-state index in [1.807, 2.05) is 30.3 Å². The SMILES string of the molecule is CNC(C)C(=O)Nc1ccc(-c2cccc(F)c2F)c(C#Cc2ccccc2)n1. The van der Waals surface area contributed by atoms with Crippen molar-refractivity contribution in [2.45, 2.75) is 13.0 Å². The molecular formula is C23H19F2N3O. The summed E-state index contributed by atoms with van der Waals surface area (Å²) in [6, 6.07) is 15.8. The van der Waals surface area contributed by atoms with Crippen molar-refractivity contribution in [1.82, 2.24) is 10.3 Å². The molecule has 1 atom stereocenters. The summed E-state index contributed by atoms with van der Waals surface area (Å²) in [6.45, 7) is 1.71. The van der Waals surface area contributed by atoms with E-state index in [0.29, 0.717) is 5.56 Å². The second kappa shape index (κ2) is 9.09. The second-order valence-corrected chi connectivity index (χ2v) is 6.31. The first-order valence-electron chi connectivity index (χ1n) is 9.00. The predicted molar refractivity (Wildman–Crippen MR) is 109 cm³/mol. The molecule has 2 aromatic carbocycles. The van der Waals surface area contributed by atoms with Crippen LogP contribution in [0.5, 0.6) is 0 Å². The number of rotatable bonds is 4. The van der Waals surface area contributed by atoms with Crippen LogP contribution in [0.1, 0.15) is 18.2 Å². The standard InChI is InChI=1S/C23H19F2N3O/c1-15(26-2)23(29)28-21-14-12-17(18-9-6-10-19(24)22(18)25)20(27-21)13-11-16-7-4-3-5-8-16/h3-10,12,14-15,26H,1-2H3,(H,27,28,29). The van der Waals surface area contributed by atoms with Gasteiger partial charge >= 0.3 is 0 Å². The number of nitrogens with one attached hydrogen (secondary N) is 2. The average molecular weight is 391 g/mol. The van der Waals surface area contributed by atoms with Gasteiger partial charge in [0.1, 0.15) is 11.5 Å². The van der Waals surface area contributed by atoms with Crippen molar-refractivity contribution in [2.24, 2.45) is 0 Å². The van der Waals surface area contributed by atoms with Gasteiger partial charge < -0.3 is 10.6 Å². The molecule has 0 aliphatic rings. The van der Waals surface area contributed by atoms with Crippen molar-refractivity contribution in [1.29, 1.82) is 0 Å². The number of amides is 1. The van der Waals surface area contributed by atoms with Gasteiger partial charge in [-0.25, -0.2) is 13.8 Å². The fourth-order valence-corrected chi connectivity index (χ4v) is 2.57. The van der Waals surface area contributed by atoms with Crippen LogP contribution in [0.3, 0.4) is 0 Å². The largest absolute Gasteiger partial charge is 0.309 e. The molecule has 1 heterocycles. The van der Waals surface area contributed by atoms with Crippen molar-refractivity contribution in [2.75, 3.05) is 12.4 Å². The van der Waals surface area contributed by atoms with Gasteiger partial charge in [0.05, 0.1) is 6.04 Å². The number of likely N-dealkylation sites (N-methyl/N-ethyl adjacent to an activating group) is 1. The zero-order chi connectivity index (χ0) is 20.8. The summed E-state index contributed by atoms with van der Waals surface area (Å²) in [6.07, 6.45) is 0. The molecule has 0 saturated carbocycles. The Hall–Kier alpha value is -3.56. The maximum absolute atomic E-state index is 14.4. The minimum Gasteiger partial charge on any atom is -0.309 e. The van der Waals surface area contributed by atoms with Crippen LogP contribution in [0.15, 0.2) is 60.7 Å². The minimum absolute atomic E-state index is 0.0522. The number of halogens is 2. The molecule has 3 rings (SSSR count). The van der Waals surface area contributed by atoms with E-state index in [1.54, 1.807) is 20.0 Å². The van der Waals surface area contributed by atoms with Gasteiger partial charge in [0.2, 0.25) is 5.91 Å². The molecule has 6 heteroatoms. The van der Waals surface area contributed by atoms with E-state index >= 15 is 0 Å². The molecule has 1 aromatic heterocycles. The molecule has 3 aromatic rings. The highest BCUT2D eigenvalue weighted by molar-refractivity contribution is 5.94. The Kier molecular flexibility index (Phi) is 6.32. The summed E-state index contributed by atoms with van der Waals surface area (Å²) >= 11 is 0. The molecule has 4 nitrogen and oxygen atoms in total. The molecule has 0 bridgehead atoms. The number of pyridine rings is 1. The van der Waals surface area contributed by atoms with Gasteiger partial charge in [0, 0.05) is 16.7 Å². The Morgan fingerprint density at radius 2 is 1.72 bits per heavy atom. The van der Waals surface area contributed by atoms with Gasteiger partial charge in [-0.3, -0.25) is 4.79 Å². The van der Waals surface area contributed by atoms with Crippen LogP contribution in [0.25, 0.3) is 11.1 Å². The van der Waals surface area contributed by atoms with E-state index in [1.165, 1.54) is 18.2 Å². The first-order chi connectivity index (χ1) is 14.0. The van der Waals surface area contributed by atoms with Gasteiger partial charge in [0.25, 0.3) is 0 Å². The number of aromatic nitrogens is 1. The Balaban J connectivity index is 2.07. The molecule has 2 N–H and O–H groups in total. The smallest absolute Gasteiger partial charge is 0.242 e. The van der Waals surface area contributed by atoms with Crippen LogP contribution in [0, 0.1) is 23.5 Å². The number of hydrogen-bond donors (Lipinski definition) is 2. The van der Waals surface area contributed by atoms with Gasteiger partial charge in [-0.05, 0) is 50.2 Å². The lowest BCUT2D eigenvalue weighted by atomic mass is 10.0. The highest BCUT2D eigenvalue weighted by atomic mass is 19.2.